The molecule has 0 aliphatic carbocycles. The van der Waals surface area contributed by atoms with Gasteiger partial charge in [-0.3, -0.25) is 14.5 Å². The number of carbonyl (C=O) groups excluding carboxylic acids is 1. The average Bonchev–Trinajstić information content (AvgIpc) is 2.97. The van der Waals surface area contributed by atoms with Crippen LogP contribution in [0.5, 0.6) is 0 Å². The van der Waals surface area contributed by atoms with Crippen molar-refractivity contribution >= 4 is 29.1 Å². The lowest BCUT2D eigenvalue weighted by atomic mass is 10.2. The van der Waals surface area contributed by atoms with E-state index in [-0.39, 0.29) is 11.9 Å². The summed E-state index contributed by atoms with van der Waals surface area (Å²) in [6.07, 6.45) is 3.54. The molecule has 0 fully saturated rings. The van der Waals surface area contributed by atoms with Crippen LogP contribution in [0.3, 0.4) is 0 Å². The van der Waals surface area contributed by atoms with Crippen molar-refractivity contribution in [2.24, 2.45) is 0 Å². The molecule has 3 heterocycles. The number of imidazole rings is 1. The molecule has 0 spiro atoms. The molecule has 128 valence electrons. The summed E-state index contributed by atoms with van der Waals surface area (Å²) in [4.78, 5) is 25.5. The SMILES string of the molecule is Cc1nc2ccccn2c1-c1ccnc(NC(=O)c2cccc(Cl)c2)n1. The van der Waals surface area contributed by atoms with Gasteiger partial charge in [0.15, 0.2) is 0 Å². The Kier molecular flexibility index (Phi) is 4.10. The first kappa shape index (κ1) is 16.2. The Labute approximate surface area is 154 Å². The number of hydrogen-bond acceptors (Lipinski definition) is 4. The Hall–Kier alpha value is -3.25. The van der Waals surface area contributed by atoms with E-state index < -0.39 is 0 Å². The van der Waals surface area contributed by atoms with Crippen LogP contribution in [0.25, 0.3) is 17.0 Å². The number of pyridine rings is 1. The number of amides is 1. The molecule has 6 nitrogen and oxygen atoms in total. The van der Waals surface area contributed by atoms with Crippen molar-refractivity contribution in [1.82, 2.24) is 19.4 Å². The first-order valence-corrected chi connectivity index (χ1v) is 8.33. The fourth-order valence-electron chi connectivity index (χ4n) is 2.78. The molecule has 1 N–H and O–H groups in total. The Morgan fingerprint density at radius 2 is 2.00 bits per heavy atom. The van der Waals surface area contributed by atoms with Gasteiger partial charge in [-0.15, -0.1) is 0 Å². The number of rotatable bonds is 3. The summed E-state index contributed by atoms with van der Waals surface area (Å²) in [5.74, 6) is -0.0997. The topological polar surface area (TPSA) is 72.2 Å². The zero-order valence-electron chi connectivity index (χ0n) is 13.8. The number of benzene rings is 1. The van der Waals surface area contributed by atoms with Crippen LogP contribution in [0.1, 0.15) is 16.1 Å². The largest absolute Gasteiger partial charge is 0.298 e. The maximum absolute atomic E-state index is 12.4. The first-order chi connectivity index (χ1) is 12.6. The van der Waals surface area contributed by atoms with Gasteiger partial charge in [0.1, 0.15) is 5.65 Å². The molecular formula is C19H14ClN5O. The fourth-order valence-corrected chi connectivity index (χ4v) is 2.97. The zero-order valence-corrected chi connectivity index (χ0v) is 14.6. The van der Waals surface area contributed by atoms with Crippen LogP contribution in [-0.2, 0) is 0 Å². The highest BCUT2D eigenvalue weighted by atomic mass is 35.5. The number of nitrogens with one attached hydrogen (secondary N) is 1. The Bertz CT molecular complexity index is 1120. The van der Waals surface area contributed by atoms with E-state index in [1.807, 2.05) is 35.7 Å². The monoisotopic (exact) mass is 363 g/mol. The Morgan fingerprint density at radius 3 is 2.85 bits per heavy atom. The van der Waals surface area contributed by atoms with Crippen LogP contribution in [0.15, 0.2) is 60.9 Å². The summed E-state index contributed by atoms with van der Waals surface area (Å²) in [6.45, 7) is 1.93. The van der Waals surface area contributed by atoms with Crippen molar-refractivity contribution in [1.29, 1.82) is 0 Å². The minimum absolute atomic E-state index is 0.220. The average molecular weight is 364 g/mol. The molecular weight excluding hydrogens is 350 g/mol. The predicted octanol–water partition coefficient (Wildman–Crippen LogP) is 4.01. The number of fused-ring (bicyclic) bond motifs is 1. The summed E-state index contributed by atoms with van der Waals surface area (Å²) < 4.78 is 1.96. The molecule has 7 heteroatoms. The fraction of sp³-hybridized carbons (Fsp3) is 0.0526. The summed E-state index contributed by atoms with van der Waals surface area (Å²) in [7, 11) is 0. The quantitative estimate of drug-likeness (QED) is 0.597. The second-order valence-corrected chi connectivity index (χ2v) is 6.14. The molecule has 0 unspecified atom stereocenters. The molecule has 1 amide bonds. The highest BCUT2D eigenvalue weighted by Crippen LogP contribution is 2.23. The number of hydrogen-bond donors (Lipinski definition) is 1. The Morgan fingerprint density at radius 1 is 1.12 bits per heavy atom. The van der Waals surface area contributed by atoms with E-state index in [9.17, 15) is 4.79 Å². The lowest BCUT2D eigenvalue weighted by Gasteiger charge is -2.07. The van der Waals surface area contributed by atoms with Crippen LogP contribution >= 0.6 is 11.6 Å². The third-order valence-electron chi connectivity index (χ3n) is 3.91. The van der Waals surface area contributed by atoms with E-state index in [4.69, 9.17) is 11.6 Å². The molecule has 0 aliphatic rings. The molecule has 0 saturated carbocycles. The van der Waals surface area contributed by atoms with Gasteiger partial charge >= 0.3 is 0 Å². The van der Waals surface area contributed by atoms with Crippen LogP contribution in [0.4, 0.5) is 5.95 Å². The van der Waals surface area contributed by atoms with E-state index in [0.29, 0.717) is 16.3 Å². The molecule has 0 bridgehead atoms. The van der Waals surface area contributed by atoms with Crippen LogP contribution < -0.4 is 5.32 Å². The summed E-state index contributed by atoms with van der Waals surface area (Å²) >= 11 is 5.94. The zero-order chi connectivity index (χ0) is 18.1. The van der Waals surface area contributed by atoms with Crippen molar-refractivity contribution in [3.63, 3.8) is 0 Å². The van der Waals surface area contributed by atoms with Crippen molar-refractivity contribution in [2.45, 2.75) is 6.92 Å². The minimum Gasteiger partial charge on any atom is -0.298 e. The van der Waals surface area contributed by atoms with Crippen molar-refractivity contribution in [3.8, 4) is 11.4 Å². The number of aryl methyl sites for hydroxylation is 1. The van der Waals surface area contributed by atoms with Gasteiger partial charge in [0.25, 0.3) is 5.91 Å². The smallest absolute Gasteiger partial charge is 0.258 e. The standard InChI is InChI=1S/C19H14ClN5O/c1-12-17(25-10-3-2-7-16(25)22-12)15-8-9-21-19(23-15)24-18(26)13-5-4-6-14(20)11-13/h2-11H,1H3,(H,21,23,24,26). The maximum atomic E-state index is 12.4. The van der Waals surface area contributed by atoms with E-state index in [2.05, 4.69) is 20.3 Å². The van der Waals surface area contributed by atoms with Crippen LogP contribution in [-0.4, -0.2) is 25.3 Å². The molecule has 0 atom stereocenters. The summed E-state index contributed by atoms with van der Waals surface area (Å²) in [5, 5.41) is 3.20. The molecule has 4 aromatic rings. The lowest BCUT2D eigenvalue weighted by Crippen LogP contribution is -2.14. The Balaban J connectivity index is 1.69. The first-order valence-electron chi connectivity index (χ1n) is 7.96. The van der Waals surface area contributed by atoms with Gasteiger partial charge < -0.3 is 0 Å². The van der Waals surface area contributed by atoms with Gasteiger partial charge in [0.05, 0.1) is 17.1 Å². The minimum atomic E-state index is -0.320. The third-order valence-corrected chi connectivity index (χ3v) is 4.15. The van der Waals surface area contributed by atoms with E-state index in [0.717, 1.165) is 17.0 Å². The van der Waals surface area contributed by atoms with E-state index in [1.165, 1.54) is 0 Å². The molecule has 3 aromatic heterocycles. The highest BCUT2D eigenvalue weighted by Gasteiger charge is 2.14. The summed E-state index contributed by atoms with van der Waals surface area (Å²) in [5.41, 5.74) is 3.67. The van der Waals surface area contributed by atoms with Crippen LogP contribution in [0.2, 0.25) is 5.02 Å². The highest BCUT2D eigenvalue weighted by molar-refractivity contribution is 6.31. The second kappa shape index (κ2) is 6.57. The maximum Gasteiger partial charge on any atom is 0.258 e. The van der Waals surface area contributed by atoms with Crippen LogP contribution in [0, 0.1) is 6.92 Å². The number of aromatic nitrogens is 4. The number of nitrogens with zero attached hydrogens (tertiary/aromatic N) is 4. The number of carbonyl (C=O) groups is 1. The predicted molar refractivity (Wildman–Crippen MR) is 100 cm³/mol. The molecule has 0 saturated heterocycles. The van der Waals surface area contributed by atoms with Gasteiger partial charge in [-0.25, -0.2) is 15.0 Å². The van der Waals surface area contributed by atoms with Gasteiger partial charge in [-0.2, -0.15) is 0 Å². The van der Waals surface area contributed by atoms with E-state index in [1.54, 1.807) is 36.5 Å². The molecule has 0 radical (unpaired) electrons. The lowest BCUT2D eigenvalue weighted by molar-refractivity contribution is 0.102. The van der Waals surface area contributed by atoms with Gasteiger partial charge in [-0.05, 0) is 43.3 Å². The van der Waals surface area contributed by atoms with Gasteiger partial charge in [0, 0.05) is 23.0 Å². The van der Waals surface area contributed by atoms with Crippen molar-refractivity contribution in [3.05, 3.63) is 77.2 Å². The molecule has 26 heavy (non-hydrogen) atoms. The number of anilines is 1. The third kappa shape index (κ3) is 3.02. The van der Waals surface area contributed by atoms with Gasteiger partial charge in [-0.1, -0.05) is 23.7 Å². The summed E-state index contributed by atoms with van der Waals surface area (Å²) in [6, 6.07) is 14.3. The second-order valence-electron chi connectivity index (χ2n) is 5.70. The normalized spacial score (nSPS) is 10.8. The molecule has 4 rings (SSSR count). The molecule has 1 aromatic carbocycles. The molecule has 0 aliphatic heterocycles. The van der Waals surface area contributed by atoms with E-state index >= 15 is 0 Å². The number of halogens is 1. The van der Waals surface area contributed by atoms with Crippen molar-refractivity contribution in [2.75, 3.05) is 5.32 Å². The van der Waals surface area contributed by atoms with Crippen molar-refractivity contribution < 1.29 is 4.79 Å². The van der Waals surface area contributed by atoms with Gasteiger partial charge in [0.2, 0.25) is 5.95 Å².